The molecule has 25 heavy (non-hydrogen) atoms. The molecule has 6 heteroatoms. The molecule has 6 nitrogen and oxygen atoms in total. The van der Waals surface area contributed by atoms with Crippen molar-refractivity contribution in [1.82, 2.24) is 9.80 Å². The van der Waals surface area contributed by atoms with Gasteiger partial charge in [0.15, 0.2) is 11.9 Å². The van der Waals surface area contributed by atoms with E-state index in [1.807, 2.05) is 4.90 Å². The van der Waals surface area contributed by atoms with Crippen LogP contribution in [0.2, 0.25) is 0 Å². The van der Waals surface area contributed by atoms with Gasteiger partial charge < -0.3 is 19.9 Å². The van der Waals surface area contributed by atoms with Crippen LogP contribution in [0.4, 0.5) is 5.69 Å². The minimum atomic E-state index is -0.586. The fourth-order valence-corrected chi connectivity index (χ4v) is 4.42. The largest absolute Gasteiger partial charge is 0.478 e. The Morgan fingerprint density at radius 1 is 1.20 bits per heavy atom. The Balaban J connectivity index is 1.63. The van der Waals surface area contributed by atoms with Crippen molar-refractivity contribution in [2.24, 2.45) is 0 Å². The van der Waals surface area contributed by atoms with E-state index in [0.29, 0.717) is 23.0 Å². The van der Waals surface area contributed by atoms with Crippen LogP contribution in [-0.2, 0) is 4.79 Å². The second-order valence-electron chi connectivity index (χ2n) is 7.33. The number of benzene rings is 1. The molecule has 0 radical (unpaired) electrons. The molecular weight excluding hydrogens is 318 g/mol. The van der Waals surface area contributed by atoms with Gasteiger partial charge in [-0.15, -0.1) is 0 Å². The quantitative estimate of drug-likeness (QED) is 0.893. The molecule has 1 aromatic carbocycles. The number of anilines is 1. The Labute approximate surface area is 148 Å². The first-order chi connectivity index (χ1) is 12.1. The van der Waals surface area contributed by atoms with Crippen LogP contribution in [0.5, 0.6) is 5.75 Å². The highest BCUT2D eigenvalue weighted by Gasteiger charge is 2.40. The maximum atomic E-state index is 13.3. The summed E-state index contributed by atoms with van der Waals surface area (Å²) < 4.78 is 5.77. The van der Waals surface area contributed by atoms with Gasteiger partial charge in [0.1, 0.15) is 0 Å². The van der Waals surface area contributed by atoms with Crippen molar-refractivity contribution < 1.29 is 14.3 Å². The first-order valence-corrected chi connectivity index (χ1v) is 9.18. The maximum absolute atomic E-state index is 13.3. The topological polar surface area (TPSA) is 61.9 Å². The molecule has 3 heterocycles. The van der Waals surface area contributed by atoms with Crippen LogP contribution in [0, 0.1) is 0 Å². The predicted molar refractivity (Wildman–Crippen MR) is 94.9 cm³/mol. The van der Waals surface area contributed by atoms with Crippen molar-refractivity contribution in [2.45, 2.75) is 50.8 Å². The number of para-hydroxylation sites is 1. The van der Waals surface area contributed by atoms with Crippen molar-refractivity contribution >= 4 is 17.5 Å². The van der Waals surface area contributed by atoms with E-state index in [4.69, 9.17) is 4.74 Å². The average Bonchev–Trinajstić information content (AvgIpc) is 3.23. The summed E-state index contributed by atoms with van der Waals surface area (Å²) in [5.41, 5.74) is 1.14. The summed E-state index contributed by atoms with van der Waals surface area (Å²) in [4.78, 5) is 29.5. The monoisotopic (exact) mass is 343 g/mol. The van der Waals surface area contributed by atoms with Crippen molar-refractivity contribution in [3.8, 4) is 5.75 Å². The SMILES string of the molecule is C[C@@H]1Oc2c(cccc2C(=O)N2CCC[C@H]2[C@@H]2CCCN2C)NC1=O. The molecular formula is C19H25N3O3. The smallest absolute Gasteiger partial charge is 0.265 e. The number of ether oxygens (including phenoxy) is 1. The van der Waals surface area contributed by atoms with Gasteiger partial charge in [0.2, 0.25) is 0 Å². The third-order valence-electron chi connectivity index (χ3n) is 5.75. The maximum Gasteiger partial charge on any atom is 0.265 e. The first-order valence-electron chi connectivity index (χ1n) is 9.18. The minimum absolute atomic E-state index is 0.0167. The summed E-state index contributed by atoms with van der Waals surface area (Å²) >= 11 is 0. The number of hydrogen-bond donors (Lipinski definition) is 1. The minimum Gasteiger partial charge on any atom is -0.478 e. The van der Waals surface area contributed by atoms with Crippen LogP contribution in [0.15, 0.2) is 18.2 Å². The Morgan fingerprint density at radius 3 is 2.72 bits per heavy atom. The number of fused-ring (bicyclic) bond motifs is 1. The second-order valence-corrected chi connectivity index (χ2v) is 7.33. The Morgan fingerprint density at radius 2 is 1.96 bits per heavy atom. The van der Waals surface area contributed by atoms with Gasteiger partial charge in [0.05, 0.1) is 11.3 Å². The van der Waals surface area contributed by atoms with Gasteiger partial charge in [-0.2, -0.15) is 0 Å². The fourth-order valence-electron chi connectivity index (χ4n) is 4.42. The van der Waals surface area contributed by atoms with E-state index in [1.54, 1.807) is 25.1 Å². The Bertz CT molecular complexity index is 705. The van der Waals surface area contributed by atoms with E-state index in [1.165, 1.54) is 6.42 Å². The molecule has 1 N–H and O–H groups in total. The molecule has 3 aliphatic rings. The standard InChI is InChI=1S/C19H25N3O3/c1-12-18(23)20-14-7-3-6-13(17(14)25-12)19(24)22-11-5-9-16(22)15-8-4-10-21(15)2/h3,6-7,12,15-16H,4-5,8-11H2,1-2H3,(H,20,23)/t12-,15-,16-/m0/s1. The third kappa shape index (κ3) is 2.78. The molecule has 2 amide bonds. The molecule has 134 valence electrons. The summed E-state index contributed by atoms with van der Waals surface area (Å²) in [7, 11) is 2.16. The van der Waals surface area contributed by atoms with Gasteiger partial charge in [0.25, 0.3) is 11.8 Å². The number of carbonyl (C=O) groups is 2. The zero-order chi connectivity index (χ0) is 17.6. The lowest BCUT2D eigenvalue weighted by Gasteiger charge is -2.34. The summed E-state index contributed by atoms with van der Waals surface area (Å²) in [5.74, 6) is 0.344. The van der Waals surface area contributed by atoms with Gasteiger partial charge in [0, 0.05) is 18.6 Å². The van der Waals surface area contributed by atoms with Crippen molar-refractivity contribution in [3.63, 3.8) is 0 Å². The van der Waals surface area contributed by atoms with E-state index in [0.717, 1.165) is 32.4 Å². The van der Waals surface area contributed by atoms with E-state index in [2.05, 4.69) is 17.3 Å². The molecule has 0 unspecified atom stereocenters. The Kier molecular flexibility index (Phi) is 4.15. The molecule has 2 fully saturated rings. The lowest BCUT2D eigenvalue weighted by atomic mass is 10.0. The highest BCUT2D eigenvalue weighted by atomic mass is 16.5. The molecule has 3 aliphatic heterocycles. The number of likely N-dealkylation sites (N-methyl/N-ethyl adjacent to an activating group) is 1. The number of hydrogen-bond acceptors (Lipinski definition) is 4. The second kappa shape index (κ2) is 6.33. The molecule has 0 bridgehead atoms. The van der Waals surface area contributed by atoms with Gasteiger partial charge in [-0.3, -0.25) is 9.59 Å². The Hall–Kier alpha value is -2.08. The van der Waals surface area contributed by atoms with Crippen LogP contribution in [-0.4, -0.2) is 59.9 Å². The highest BCUT2D eigenvalue weighted by Crippen LogP contribution is 2.36. The lowest BCUT2D eigenvalue weighted by Crippen LogP contribution is -2.47. The van der Waals surface area contributed by atoms with Crippen molar-refractivity contribution in [2.75, 3.05) is 25.5 Å². The van der Waals surface area contributed by atoms with Gasteiger partial charge in [-0.05, 0) is 58.3 Å². The van der Waals surface area contributed by atoms with Gasteiger partial charge in [-0.25, -0.2) is 0 Å². The number of carbonyl (C=O) groups excluding carboxylic acids is 2. The van der Waals surface area contributed by atoms with Crippen LogP contribution >= 0.6 is 0 Å². The average molecular weight is 343 g/mol. The summed E-state index contributed by atoms with van der Waals surface area (Å²) in [6.07, 6.45) is 3.87. The summed E-state index contributed by atoms with van der Waals surface area (Å²) in [5, 5.41) is 2.83. The van der Waals surface area contributed by atoms with E-state index in [-0.39, 0.29) is 17.9 Å². The van der Waals surface area contributed by atoms with Crippen LogP contribution in [0.25, 0.3) is 0 Å². The molecule has 4 rings (SSSR count). The number of nitrogens with one attached hydrogen (secondary N) is 1. The number of amides is 2. The fraction of sp³-hybridized carbons (Fsp3) is 0.579. The predicted octanol–water partition coefficient (Wildman–Crippen LogP) is 2.10. The molecule has 3 atom stereocenters. The summed E-state index contributed by atoms with van der Waals surface area (Å²) in [6.45, 7) is 3.60. The third-order valence-corrected chi connectivity index (χ3v) is 5.75. The molecule has 1 aromatic rings. The van der Waals surface area contributed by atoms with E-state index >= 15 is 0 Å². The van der Waals surface area contributed by atoms with Gasteiger partial charge in [-0.1, -0.05) is 6.07 Å². The van der Waals surface area contributed by atoms with Crippen molar-refractivity contribution in [1.29, 1.82) is 0 Å². The number of rotatable bonds is 2. The normalized spacial score (nSPS) is 29.3. The van der Waals surface area contributed by atoms with E-state index in [9.17, 15) is 9.59 Å². The zero-order valence-corrected chi connectivity index (χ0v) is 14.8. The number of likely N-dealkylation sites (tertiary alicyclic amines) is 2. The molecule has 0 aliphatic carbocycles. The van der Waals surface area contributed by atoms with Crippen molar-refractivity contribution in [3.05, 3.63) is 23.8 Å². The van der Waals surface area contributed by atoms with Crippen LogP contribution in [0.3, 0.4) is 0 Å². The molecule has 2 saturated heterocycles. The zero-order valence-electron chi connectivity index (χ0n) is 14.8. The molecule has 0 spiro atoms. The van der Waals surface area contributed by atoms with Crippen LogP contribution < -0.4 is 10.1 Å². The first kappa shape index (κ1) is 16.4. The number of nitrogens with zero attached hydrogens (tertiary/aromatic N) is 2. The van der Waals surface area contributed by atoms with E-state index < -0.39 is 6.10 Å². The molecule has 0 aromatic heterocycles. The summed E-state index contributed by atoms with van der Waals surface area (Å²) in [6, 6.07) is 6.11. The lowest BCUT2D eigenvalue weighted by molar-refractivity contribution is -0.122. The highest BCUT2D eigenvalue weighted by molar-refractivity contribution is 6.04. The van der Waals surface area contributed by atoms with Gasteiger partial charge >= 0.3 is 0 Å². The van der Waals surface area contributed by atoms with Crippen LogP contribution in [0.1, 0.15) is 43.0 Å². The molecule has 0 saturated carbocycles.